The van der Waals surface area contributed by atoms with Crippen molar-refractivity contribution in [1.29, 1.82) is 0 Å². The molecular weight excluding hydrogens is 1720 g/mol. The van der Waals surface area contributed by atoms with Gasteiger partial charge in [0, 0.05) is 61.9 Å². The van der Waals surface area contributed by atoms with E-state index in [1.807, 2.05) is 0 Å². The first-order valence-corrected chi connectivity index (χ1v) is 47.3. The molecule has 0 radical (unpaired) electrons. The van der Waals surface area contributed by atoms with Gasteiger partial charge in [-0.25, -0.2) is 37.5 Å². The Morgan fingerprint density at radius 2 is 0.589 bits per heavy atom. The number of rotatable bonds is 22. The van der Waals surface area contributed by atoms with Gasteiger partial charge in [0.25, 0.3) is 0 Å². The van der Waals surface area contributed by atoms with Gasteiger partial charge in [0.2, 0.25) is 11.3 Å². The molecule has 0 heterocycles. The molecule has 23 fully saturated rings. The predicted octanol–water partition coefficient (Wildman–Crippen LogP) is 16.6. The van der Waals surface area contributed by atoms with E-state index in [-0.39, 0.29) is 122 Å². The summed E-state index contributed by atoms with van der Waals surface area (Å²) in [7, 11) is 0. The highest BCUT2D eigenvalue weighted by Gasteiger charge is 2.64. The fraction of sp³-hybridized carbons (Fsp3) is 0.926. The fourth-order valence-electron chi connectivity index (χ4n) is 29.3. The summed E-state index contributed by atoms with van der Waals surface area (Å²) in [6.45, 7) is 9.52. The van der Waals surface area contributed by atoms with Crippen LogP contribution in [0.3, 0.4) is 0 Å². The molecule has 129 heavy (non-hydrogen) atoms. The average molecular weight is 1870 g/mol. The molecule has 23 saturated carbocycles. The maximum atomic E-state index is 13.5. The van der Waals surface area contributed by atoms with E-state index >= 15 is 0 Å². The molecule has 23 aliphatic rings. The van der Waals surface area contributed by atoms with E-state index < -0.39 is 111 Å². The number of fused-ring (bicyclic) bond motifs is 7. The topological polar surface area (TPSA) is 326 Å². The van der Waals surface area contributed by atoms with Crippen LogP contribution in [0.1, 0.15) is 288 Å². The number of alkyl halides is 13. The van der Waals surface area contributed by atoms with Crippen molar-refractivity contribution in [2.75, 3.05) is 52.9 Å². The lowest BCUT2D eigenvalue weighted by atomic mass is 9.48. The monoisotopic (exact) mass is 1860 g/mol. The Morgan fingerprint density at radius 1 is 0.295 bits per heavy atom. The summed E-state index contributed by atoms with van der Waals surface area (Å²) in [4.78, 5) is 79.1. The number of hydrogen-bond donors (Lipinski definition) is 7. The number of halogens is 13. The van der Waals surface area contributed by atoms with E-state index in [1.165, 1.54) is 40.5 Å². The van der Waals surface area contributed by atoms with Crippen LogP contribution in [0, 0.1) is 134 Å². The maximum Gasteiger partial charge on any atom is 0.404 e. The van der Waals surface area contributed by atoms with Crippen molar-refractivity contribution in [3.05, 3.63) is 0 Å². The van der Waals surface area contributed by atoms with Gasteiger partial charge < -0.3 is 68.9 Å². The third-order valence-corrected chi connectivity index (χ3v) is 33.2. The number of aliphatic hydroxyl groups excluding tert-OH is 3. The first-order chi connectivity index (χ1) is 59.2. The predicted molar refractivity (Wildman–Crippen MR) is 438 cm³/mol. The first-order valence-electron chi connectivity index (χ1n) is 47.3. The molecular formula is C95H141F13O21. The molecule has 18 atom stereocenters. The molecule has 0 saturated heterocycles. The molecule has 0 spiro atoms. The molecule has 23 rings (SSSR count). The Morgan fingerprint density at radius 3 is 0.853 bits per heavy atom. The van der Waals surface area contributed by atoms with E-state index in [9.17, 15) is 126 Å². The third-order valence-electron chi connectivity index (χ3n) is 33.2. The average Bonchev–Trinajstić information content (AvgIpc) is 1.56. The zero-order chi connectivity index (χ0) is 95.2. The second kappa shape index (κ2) is 37.5. The van der Waals surface area contributed by atoms with E-state index in [0.717, 1.165) is 194 Å². The summed E-state index contributed by atoms with van der Waals surface area (Å²) < 4.78 is 201. The van der Waals surface area contributed by atoms with Crippen LogP contribution in [0.2, 0.25) is 0 Å². The van der Waals surface area contributed by atoms with Gasteiger partial charge in [-0.15, -0.1) is 0 Å². The summed E-state index contributed by atoms with van der Waals surface area (Å²) in [6, 6.07) is 0. The van der Waals surface area contributed by atoms with E-state index in [2.05, 4.69) is 9.47 Å². The van der Waals surface area contributed by atoms with Crippen molar-refractivity contribution in [2.24, 2.45) is 134 Å². The minimum atomic E-state index is -4.62. The van der Waals surface area contributed by atoms with Crippen LogP contribution in [-0.4, -0.2) is 206 Å². The van der Waals surface area contributed by atoms with Crippen LogP contribution in [0.25, 0.3) is 0 Å². The summed E-state index contributed by atoms with van der Waals surface area (Å²) in [6.07, 6.45) is 25.7. The number of carbonyl (C=O) groups excluding carboxylic acids is 7. The van der Waals surface area contributed by atoms with Crippen LogP contribution >= 0.6 is 0 Å². The highest BCUT2D eigenvalue weighted by atomic mass is 19.4. The summed E-state index contributed by atoms with van der Waals surface area (Å²) in [5, 5.41) is 70.8. The summed E-state index contributed by atoms with van der Waals surface area (Å²) in [5.41, 5.74) is -9.59. The molecule has 0 aliphatic heterocycles. The van der Waals surface area contributed by atoms with Crippen molar-refractivity contribution >= 4 is 41.8 Å². The number of aliphatic hydroxyl groups is 7. The number of hydrogen-bond acceptors (Lipinski definition) is 21. The van der Waals surface area contributed by atoms with Crippen molar-refractivity contribution in [1.82, 2.24) is 0 Å². The SMILES string of the molecule is CC(C)(C(=O)OCC12CC3CC(CC(O)(C3)C1)C2)C(F)(F)F.CC(C)(F)C(=O)OCC12CC3CC(CC(O)(C3)C1)C2.CC(C)(F)C(=O)OCC12CC3CC(CC(O)(C3)C1)C2.CC(F)(F)C(=O)OCC12CC3CC(CC(O)(C3)C1)C2.CC(F)(F)C(=O)OCC1C2CCC(CC2)C1CO.CC(F)(F)C(=O)OCC1CC2CC(O)C1C2.CC(F)(F)C(=O)OCC1CC2CC1CC2O. The molecule has 0 amide bonds. The largest absolute Gasteiger partial charge is 0.464 e. The smallest absolute Gasteiger partial charge is 0.404 e. The number of ether oxygens (including phenoxy) is 7. The lowest BCUT2D eigenvalue weighted by Gasteiger charge is -2.60. The number of carbonyl (C=O) groups is 7. The molecule has 0 aromatic heterocycles. The van der Waals surface area contributed by atoms with Crippen molar-refractivity contribution in [3.63, 3.8) is 0 Å². The van der Waals surface area contributed by atoms with Gasteiger partial charge in [0.15, 0.2) is 5.41 Å². The summed E-state index contributed by atoms with van der Waals surface area (Å²) in [5.74, 6) is -15.8. The molecule has 0 aromatic rings. The molecule has 738 valence electrons. The van der Waals surface area contributed by atoms with Gasteiger partial charge in [-0.05, 0) is 360 Å². The van der Waals surface area contributed by atoms with E-state index in [1.54, 1.807) is 0 Å². The molecule has 22 bridgehead atoms. The van der Waals surface area contributed by atoms with Gasteiger partial charge in [-0.2, -0.15) is 48.3 Å². The third kappa shape index (κ3) is 24.9. The number of esters is 7. The molecule has 7 N–H and O–H groups in total. The van der Waals surface area contributed by atoms with E-state index in [0.29, 0.717) is 124 Å². The van der Waals surface area contributed by atoms with Crippen molar-refractivity contribution in [2.45, 2.75) is 363 Å². The Labute approximate surface area is 748 Å². The second-order valence-electron chi connectivity index (χ2n) is 46.8. The van der Waals surface area contributed by atoms with Crippen LogP contribution in [-0.2, 0) is 66.7 Å². The van der Waals surface area contributed by atoms with Crippen molar-refractivity contribution < 1.29 is 160 Å². The van der Waals surface area contributed by atoms with Gasteiger partial charge in [0.1, 0.15) is 0 Å². The van der Waals surface area contributed by atoms with Gasteiger partial charge in [0.05, 0.1) is 80.9 Å². The highest BCUT2D eigenvalue weighted by molar-refractivity contribution is 5.80. The van der Waals surface area contributed by atoms with Crippen molar-refractivity contribution in [3.8, 4) is 0 Å². The first kappa shape index (κ1) is 103. The Kier molecular flexibility index (Phi) is 30.0. The van der Waals surface area contributed by atoms with Crippen LogP contribution in [0.15, 0.2) is 0 Å². The van der Waals surface area contributed by atoms with Gasteiger partial charge >= 0.3 is 71.7 Å². The normalized spacial score (nSPS) is 40.9. The van der Waals surface area contributed by atoms with E-state index in [4.69, 9.17) is 23.7 Å². The standard InChI is InChI=1S/C16H23F3O3.2C15H23FO3.C14H20F2O3.C13H20F2O3.2C11H16F2O3/c1-13(2,16(17,18)19)12(20)22-9-14-4-10-3-11(5-14)7-15(21,6-10)8-14;2*1-13(2,16)12(17)19-9-14-4-10-3-11(5-14)7-15(18,6-10)8-14;1-12(15,16)11(17)19-8-13-3-9-2-10(4-13)6-14(18,5-9)7-13;1-13(14,15)12(17)18-7-11-9-4-2-8(3-5-9)10(11)6-16;1-11(12,13)10(15)16-5-8-3-7-2-6(8)4-9(7)14;1-11(12,13)10(15)16-5-7-2-6-3-8(7)9(14)4-6/h10-11,21H,3-9H2,1-2H3;2*10-11,18H,3-9H2,1-2H3;9-10,18H,2-8H2,1H3;8-11,16H,2-7H2,1H3;2*6-9,14H,2-5H2,1H3. The zero-order valence-electron chi connectivity index (χ0n) is 76.5. The Bertz CT molecular complexity index is 3710. The second-order valence-corrected chi connectivity index (χ2v) is 46.8. The minimum Gasteiger partial charge on any atom is -0.464 e. The fourth-order valence-corrected chi connectivity index (χ4v) is 29.3. The molecule has 23 aliphatic carbocycles. The lowest BCUT2D eigenvalue weighted by Crippen LogP contribution is -2.57. The zero-order valence-corrected chi connectivity index (χ0v) is 76.5. The summed E-state index contributed by atoms with van der Waals surface area (Å²) >= 11 is 0. The Hall–Kier alpha value is -4.90. The Balaban J connectivity index is 0.000000137. The quantitative estimate of drug-likeness (QED) is 0.0301. The van der Waals surface area contributed by atoms with Gasteiger partial charge in [-0.3, -0.25) is 4.79 Å². The lowest BCUT2D eigenvalue weighted by molar-refractivity contribution is -0.231. The molecule has 18 unspecified atom stereocenters. The van der Waals surface area contributed by atoms with Crippen LogP contribution < -0.4 is 0 Å². The van der Waals surface area contributed by atoms with Crippen LogP contribution in [0.4, 0.5) is 57.1 Å². The maximum absolute atomic E-state index is 13.5. The minimum absolute atomic E-state index is 0.000648. The highest BCUT2D eigenvalue weighted by Crippen LogP contribution is 2.66. The van der Waals surface area contributed by atoms with Gasteiger partial charge in [-0.1, -0.05) is 0 Å². The van der Waals surface area contributed by atoms with Crippen LogP contribution in [0.5, 0.6) is 0 Å². The molecule has 0 aromatic carbocycles. The molecule has 21 nitrogen and oxygen atoms in total. The molecule has 34 heteroatoms.